The zero-order valence-corrected chi connectivity index (χ0v) is 12.7. The van der Waals surface area contributed by atoms with E-state index in [9.17, 15) is 4.79 Å². The molecule has 0 fully saturated rings. The van der Waals surface area contributed by atoms with Crippen LogP contribution >= 0.6 is 0 Å². The van der Waals surface area contributed by atoms with Gasteiger partial charge in [0.05, 0.1) is 16.1 Å². The molecule has 0 unspecified atom stereocenters. The summed E-state index contributed by atoms with van der Waals surface area (Å²) in [6, 6.07) is 15.6. The summed E-state index contributed by atoms with van der Waals surface area (Å²) >= 11 is 0. The van der Waals surface area contributed by atoms with Gasteiger partial charge >= 0.3 is 6.16 Å². The molecule has 0 aromatic heterocycles. The number of carboxylic acid groups (broad SMARTS) is 1. The highest BCUT2D eigenvalue weighted by Gasteiger charge is 2.21. The van der Waals surface area contributed by atoms with Crippen LogP contribution in [-0.4, -0.2) is 27.4 Å². The molecule has 2 aromatic rings. The highest BCUT2D eigenvalue weighted by molar-refractivity contribution is 6.40. The van der Waals surface area contributed by atoms with E-state index in [1.54, 1.807) is 0 Å². The van der Waals surface area contributed by atoms with E-state index in [0.717, 1.165) is 6.04 Å². The summed E-state index contributed by atoms with van der Waals surface area (Å²) < 4.78 is 4.57. The van der Waals surface area contributed by atoms with Gasteiger partial charge < -0.3 is 9.84 Å². The van der Waals surface area contributed by atoms with Crippen molar-refractivity contribution in [2.24, 2.45) is 0 Å². The summed E-state index contributed by atoms with van der Waals surface area (Å²) in [7, 11) is 0.619. The number of rotatable bonds is 5. The van der Waals surface area contributed by atoms with Crippen molar-refractivity contribution in [3.05, 3.63) is 48.0 Å². The fraction of sp³-hybridized carbons (Fsp3) is 0.312. The topological polar surface area (TPSA) is 46.5 Å². The number of ether oxygens (including phenoxy) is 1. The van der Waals surface area contributed by atoms with Crippen LogP contribution in [0.3, 0.4) is 0 Å². The first kappa shape index (κ1) is 14.6. The van der Waals surface area contributed by atoms with Gasteiger partial charge in [-0.15, -0.1) is 0 Å². The molecular formula is C16H18O3Si. The highest BCUT2D eigenvalue weighted by Crippen LogP contribution is 2.26. The third-order valence-electron chi connectivity index (χ3n) is 3.37. The first-order valence-electron chi connectivity index (χ1n) is 6.59. The molecule has 1 N–H and O–H groups in total. The average molecular weight is 286 g/mol. The van der Waals surface area contributed by atoms with E-state index in [2.05, 4.69) is 48.9 Å². The standard InChI is InChI=1S/C16H18O3Si/c1-16(2,20-10-9-19-15(17)18)14-8-7-12-5-3-4-6-13(12)11-14/h3-8,11H,9-10H2,1-2H3,(H,17,18). The average Bonchev–Trinajstić information content (AvgIpc) is 2.43. The molecule has 0 atom stereocenters. The molecule has 2 aromatic carbocycles. The van der Waals surface area contributed by atoms with E-state index < -0.39 is 6.16 Å². The Bertz CT molecular complexity index is 607. The number of hydrogen-bond acceptors (Lipinski definition) is 2. The molecule has 2 rings (SSSR count). The van der Waals surface area contributed by atoms with Gasteiger partial charge in [-0.2, -0.15) is 0 Å². The summed E-state index contributed by atoms with van der Waals surface area (Å²) in [6.45, 7) is 4.65. The summed E-state index contributed by atoms with van der Waals surface area (Å²) in [5.41, 5.74) is 1.28. The van der Waals surface area contributed by atoms with Crippen LogP contribution in [0.5, 0.6) is 0 Å². The molecule has 0 bridgehead atoms. The summed E-state index contributed by atoms with van der Waals surface area (Å²) in [4.78, 5) is 10.3. The Hall–Kier alpha value is -1.81. The fourth-order valence-electron chi connectivity index (χ4n) is 2.18. The Balaban J connectivity index is 2.08. The summed E-state index contributed by atoms with van der Waals surface area (Å²) in [5.74, 6) is 0. The molecule has 0 aliphatic carbocycles. The smallest absolute Gasteiger partial charge is 0.450 e. The molecule has 0 saturated carbocycles. The van der Waals surface area contributed by atoms with Gasteiger partial charge in [0.25, 0.3) is 0 Å². The largest absolute Gasteiger partial charge is 0.505 e. The molecule has 0 heterocycles. The zero-order chi connectivity index (χ0) is 14.6. The third-order valence-corrected chi connectivity index (χ3v) is 4.99. The van der Waals surface area contributed by atoms with Gasteiger partial charge in [0, 0.05) is 0 Å². The summed E-state index contributed by atoms with van der Waals surface area (Å²) in [5, 5.41) is 11.0. The van der Waals surface area contributed by atoms with Gasteiger partial charge in [-0.05, 0) is 27.4 Å². The molecular weight excluding hydrogens is 268 g/mol. The number of fused-ring (bicyclic) bond motifs is 1. The first-order chi connectivity index (χ1) is 9.49. The minimum absolute atomic E-state index is 0.0336. The van der Waals surface area contributed by atoms with Crippen LogP contribution < -0.4 is 0 Å². The van der Waals surface area contributed by atoms with Crippen LogP contribution in [0.25, 0.3) is 10.8 Å². The minimum Gasteiger partial charge on any atom is -0.450 e. The van der Waals surface area contributed by atoms with Crippen molar-refractivity contribution in [2.45, 2.75) is 24.9 Å². The molecule has 0 spiro atoms. The van der Waals surface area contributed by atoms with Crippen molar-refractivity contribution >= 4 is 26.4 Å². The predicted octanol–water partition coefficient (Wildman–Crippen LogP) is 3.89. The van der Waals surface area contributed by atoms with E-state index in [-0.39, 0.29) is 11.6 Å². The molecule has 0 amide bonds. The first-order valence-corrected chi connectivity index (χ1v) is 7.80. The highest BCUT2D eigenvalue weighted by atomic mass is 28.2. The molecule has 2 radical (unpaired) electrons. The van der Waals surface area contributed by atoms with E-state index >= 15 is 0 Å². The van der Waals surface area contributed by atoms with Gasteiger partial charge in [0.15, 0.2) is 0 Å². The third kappa shape index (κ3) is 3.60. The predicted molar refractivity (Wildman–Crippen MR) is 81.5 cm³/mol. The molecule has 0 saturated heterocycles. The van der Waals surface area contributed by atoms with Crippen LogP contribution in [0.2, 0.25) is 6.04 Å². The monoisotopic (exact) mass is 286 g/mol. The lowest BCUT2D eigenvalue weighted by molar-refractivity contribution is 0.0964. The lowest BCUT2D eigenvalue weighted by atomic mass is 9.98. The van der Waals surface area contributed by atoms with Crippen molar-refractivity contribution < 1.29 is 14.6 Å². The Morgan fingerprint density at radius 1 is 1.20 bits per heavy atom. The fourth-order valence-corrected chi connectivity index (χ4v) is 3.37. The Kier molecular flexibility index (Phi) is 4.45. The normalized spacial score (nSPS) is 11.5. The van der Waals surface area contributed by atoms with Gasteiger partial charge in [0.1, 0.15) is 0 Å². The Morgan fingerprint density at radius 3 is 2.60 bits per heavy atom. The SMILES string of the molecule is CC(C)([Si]CCOC(=O)O)c1ccc2ccccc2c1. The lowest BCUT2D eigenvalue weighted by Gasteiger charge is -2.24. The lowest BCUT2D eigenvalue weighted by Crippen LogP contribution is -2.26. The van der Waals surface area contributed by atoms with E-state index in [1.165, 1.54) is 16.3 Å². The zero-order valence-electron chi connectivity index (χ0n) is 11.7. The Labute approximate surface area is 121 Å². The van der Waals surface area contributed by atoms with Crippen molar-refractivity contribution in [1.82, 2.24) is 0 Å². The molecule has 20 heavy (non-hydrogen) atoms. The number of hydrogen-bond donors (Lipinski definition) is 1. The maximum absolute atomic E-state index is 10.3. The molecule has 104 valence electrons. The molecule has 0 aliphatic heterocycles. The summed E-state index contributed by atoms with van der Waals surface area (Å²) in [6.07, 6.45) is -1.20. The van der Waals surface area contributed by atoms with Crippen LogP contribution in [-0.2, 0) is 9.78 Å². The number of benzene rings is 2. The van der Waals surface area contributed by atoms with Crippen molar-refractivity contribution in [2.75, 3.05) is 6.61 Å². The Morgan fingerprint density at radius 2 is 1.90 bits per heavy atom. The molecule has 3 nitrogen and oxygen atoms in total. The van der Waals surface area contributed by atoms with E-state index in [0.29, 0.717) is 9.52 Å². The van der Waals surface area contributed by atoms with Crippen LogP contribution in [0.1, 0.15) is 19.4 Å². The van der Waals surface area contributed by atoms with Crippen molar-refractivity contribution in [1.29, 1.82) is 0 Å². The van der Waals surface area contributed by atoms with Crippen LogP contribution in [0.15, 0.2) is 42.5 Å². The maximum Gasteiger partial charge on any atom is 0.505 e. The maximum atomic E-state index is 10.3. The van der Waals surface area contributed by atoms with Gasteiger partial charge in [-0.1, -0.05) is 56.3 Å². The molecule has 0 aliphatic rings. The second-order valence-electron chi connectivity index (χ2n) is 5.23. The van der Waals surface area contributed by atoms with Crippen LogP contribution in [0, 0.1) is 0 Å². The van der Waals surface area contributed by atoms with Gasteiger partial charge in [-0.3, -0.25) is 0 Å². The molecule has 4 heteroatoms. The van der Waals surface area contributed by atoms with Crippen molar-refractivity contribution in [3.63, 3.8) is 0 Å². The van der Waals surface area contributed by atoms with Crippen LogP contribution in [0.4, 0.5) is 4.79 Å². The van der Waals surface area contributed by atoms with Gasteiger partial charge in [0.2, 0.25) is 0 Å². The quantitative estimate of drug-likeness (QED) is 0.515. The van der Waals surface area contributed by atoms with E-state index in [4.69, 9.17) is 5.11 Å². The number of carbonyl (C=O) groups is 1. The second-order valence-corrected chi connectivity index (χ2v) is 7.33. The van der Waals surface area contributed by atoms with E-state index in [1.807, 2.05) is 12.1 Å². The second kappa shape index (κ2) is 6.09. The van der Waals surface area contributed by atoms with Crippen molar-refractivity contribution in [3.8, 4) is 0 Å². The van der Waals surface area contributed by atoms with Gasteiger partial charge in [-0.25, -0.2) is 4.79 Å². The minimum atomic E-state index is -1.20.